The van der Waals surface area contributed by atoms with Crippen molar-refractivity contribution in [2.24, 2.45) is 0 Å². The SMILES string of the molecule is CC(=O)n1cc(C(=O)Nc2ccccc2OC(C)C)c2ccc(Cl)cc21. The minimum absolute atomic E-state index is 0.0187. The Morgan fingerprint density at radius 2 is 1.88 bits per heavy atom. The Morgan fingerprint density at radius 1 is 1.15 bits per heavy atom. The monoisotopic (exact) mass is 370 g/mol. The van der Waals surface area contributed by atoms with E-state index in [0.29, 0.717) is 32.9 Å². The number of anilines is 1. The molecule has 0 atom stereocenters. The Hall–Kier alpha value is -2.79. The molecule has 0 aliphatic heterocycles. The topological polar surface area (TPSA) is 60.3 Å². The third-order valence-corrected chi connectivity index (χ3v) is 4.08. The highest BCUT2D eigenvalue weighted by Gasteiger charge is 2.18. The maximum atomic E-state index is 12.9. The van der Waals surface area contributed by atoms with E-state index >= 15 is 0 Å². The number of benzene rings is 2. The molecule has 0 spiro atoms. The highest BCUT2D eigenvalue weighted by molar-refractivity contribution is 6.31. The number of ether oxygens (including phenoxy) is 1. The molecule has 0 aliphatic rings. The molecule has 0 aliphatic carbocycles. The first-order chi connectivity index (χ1) is 12.4. The Morgan fingerprint density at radius 3 is 2.58 bits per heavy atom. The normalized spacial score (nSPS) is 11.0. The molecule has 1 aromatic heterocycles. The second-order valence-corrected chi connectivity index (χ2v) is 6.65. The van der Waals surface area contributed by atoms with Crippen LogP contribution in [-0.4, -0.2) is 22.5 Å². The van der Waals surface area contributed by atoms with Crippen LogP contribution in [0.1, 0.15) is 35.9 Å². The van der Waals surface area contributed by atoms with Gasteiger partial charge in [0.25, 0.3) is 5.91 Å². The number of para-hydroxylation sites is 2. The largest absolute Gasteiger partial charge is 0.489 e. The molecule has 0 radical (unpaired) electrons. The molecule has 0 saturated carbocycles. The van der Waals surface area contributed by atoms with Gasteiger partial charge in [-0.1, -0.05) is 29.8 Å². The van der Waals surface area contributed by atoms with Gasteiger partial charge in [-0.25, -0.2) is 0 Å². The van der Waals surface area contributed by atoms with Crippen molar-refractivity contribution in [2.75, 3.05) is 5.32 Å². The van der Waals surface area contributed by atoms with Gasteiger partial charge in [0.15, 0.2) is 0 Å². The molecular weight excluding hydrogens is 352 g/mol. The van der Waals surface area contributed by atoms with Crippen LogP contribution in [0.3, 0.4) is 0 Å². The van der Waals surface area contributed by atoms with Crippen molar-refractivity contribution in [3.05, 3.63) is 59.2 Å². The number of fused-ring (bicyclic) bond motifs is 1. The van der Waals surface area contributed by atoms with Crippen molar-refractivity contribution in [1.29, 1.82) is 0 Å². The maximum absolute atomic E-state index is 12.9. The van der Waals surface area contributed by atoms with Gasteiger partial charge in [0.1, 0.15) is 5.75 Å². The third kappa shape index (κ3) is 3.58. The number of hydrogen-bond acceptors (Lipinski definition) is 3. The predicted octanol–water partition coefficient (Wildman–Crippen LogP) is 4.99. The van der Waals surface area contributed by atoms with Crippen LogP contribution >= 0.6 is 11.6 Å². The molecule has 1 N–H and O–H groups in total. The van der Waals surface area contributed by atoms with Gasteiger partial charge < -0.3 is 10.1 Å². The minimum Gasteiger partial charge on any atom is -0.489 e. The summed E-state index contributed by atoms with van der Waals surface area (Å²) in [6.45, 7) is 5.28. The number of carbonyl (C=O) groups excluding carboxylic acids is 2. The lowest BCUT2D eigenvalue weighted by molar-refractivity contribution is 0.0941. The van der Waals surface area contributed by atoms with Crippen LogP contribution in [-0.2, 0) is 0 Å². The number of carbonyl (C=O) groups is 2. The summed E-state index contributed by atoms with van der Waals surface area (Å²) in [5.74, 6) is 0.0752. The molecule has 1 heterocycles. The number of halogens is 1. The predicted molar refractivity (Wildman–Crippen MR) is 103 cm³/mol. The third-order valence-electron chi connectivity index (χ3n) is 3.85. The molecule has 26 heavy (non-hydrogen) atoms. The molecule has 3 aromatic rings. The average molecular weight is 371 g/mol. The Bertz CT molecular complexity index is 992. The van der Waals surface area contributed by atoms with Gasteiger partial charge in [-0.2, -0.15) is 0 Å². The molecule has 134 valence electrons. The molecule has 0 saturated heterocycles. The van der Waals surface area contributed by atoms with Gasteiger partial charge in [-0.05, 0) is 38.1 Å². The smallest absolute Gasteiger partial charge is 0.257 e. The zero-order valence-electron chi connectivity index (χ0n) is 14.7. The van der Waals surface area contributed by atoms with E-state index in [1.54, 1.807) is 30.3 Å². The number of nitrogens with one attached hydrogen (secondary N) is 1. The first-order valence-corrected chi connectivity index (χ1v) is 8.63. The summed E-state index contributed by atoms with van der Waals surface area (Å²) in [5.41, 5.74) is 1.57. The van der Waals surface area contributed by atoms with Crippen molar-refractivity contribution in [3.8, 4) is 5.75 Å². The first-order valence-electron chi connectivity index (χ1n) is 8.25. The summed E-state index contributed by atoms with van der Waals surface area (Å²) in [6.07, 6.45) is 1.51. The van der Waals surface area contributed by atoms with E-state index in [0.717, 1.165) is 0 Å². The van der Waals surface area contributed by atoms with Crippen LogP contribution in [0.5, 0.6) is 5.75 Å². The van der Waals surface area contributed by atoms with Crippen molar-refractivity contribution < 1.29 is 14.3 Å². The number of hydrogen-bond donors (Lipinski definition) is 1. The molecule has 0 fully saturated rings. The van der Waals surface area contributed by atoms with E-state index in [-0.39, 0.29) is 17.9 Å². The molecular formula is C20H19ClN2O3. The van der Waals surface area contributed by atoms with Crippen LogP contribution in [0.2, 0.25) is 5.02 Å². The second-order valence-electron chi connectivity index (χ2n) is 6.21. The van der Waals surface area contributed by atoms with Gasteiger partial charge in [-0.3, -0.25) is 14.2 Å². The number of aromatic nitrogens is 1. The van der Waals surface area contributed by atoms with Crippen molar-refractivity contribution >= 4 is 40.0 Å². The van der Waals surface area contributed by atoms with E-state index in [1.807, 2.05) is 26.0 Å². The maximum Gasteiger partial charge on any atom is 0.257 e. The summed E-state index contributed by atoms with van der Waals surface area (Å²) in [4.78, 5) is 24.8. The number of rotatable bonds is 4. The molecule has 6 heteroatoms. The Labute approximate surface area is 156 Å². The fourth-order valence-electron chi connectivity index (χ4n) is 2.76. The molecule has 5 nitrogen and oxygen atoms in total. The lowest BCUT2D eigenvalue weighted by Crippen LogP contribution is -2.14. The summed E-state index contributed by atoms with van der Waals surface area (Å²) in [6, 6.07) is 12.3. The molecule has 1 amide bonds. The van der Waals surface area contributed by atoms with E-state index in [2.05, 4.69) is 5.32 Å². The van der Waals surface area contributed by atoms with Gasteiger partial charge in [0.05, 0.1) is 22.9 Å². The average Bonchev–Trinajstić information content (AvgIpc) is 2.95. The molecule has 2 aromatic carbocycles. The van der Waals surface area contributed by atoms with E-state index < -0.39 is 0 Å². The minimum atomic E-state index is -0.322. The van der Waals surface area contributed by atoms with E-state index in [4.69, 9.17) is 16.3 Å². The highest BCUT2D eigenvalue weighted by atomic mass is 35.5. The summed E-state index contributed by atoms with van der Waals surface area (Å²) in [7, 11) is 0. The van der Waals surface area contributed by atoms with Gasteiger partial charge in [0.2, 0.25) is 5.91 Å². The summed E-state index contributed by atoms with van der Waals surface area (Å²) in [5, 5.41) is 4.03. The van der Waals surface area contributed by atoms with Crippen LogP contribution < -0.4 is 10.1 Å². The second kappa shape index (κ2) is 7.22. The van der Waals surface area contributed by atoms with Crippen LogP contribution in [0, 0.1) is 0 Å². The number of amides is 1. The quantitative estimate of drug-likeness (QED) is 0.703. The fourth-order valence-corrected chi connectivity index (χ4v) is 2.92. The lowest BCUT2D eigenvalue weighted by atomic mass is 10.1. The van der Waals surface area contributed by atoms with Crippen molar-refractivity contribution in [1.82, 2.24) is 4.57 Å². The standard InChI is InChI=1S/C20H19ClN2O3/c1-12(2)26-19-7-5-4-6-17(19)22-20(25)16-11-23(13(3)24)18-10-14(21)8-9-15(16)18/h4-12H,1-3H3,(H,22,25). The molecule has 0 unspecified atom stereocenters. The van der Waals surface area contributed by atoms with Crippen molar-refractivity contribution in [3.63, 3.8) is 0 Å². The van der Waals surface area contributed by atoms with Crippen LogP contribution in [0.25, 0.3) is 10.9 Å². The Balaban J connectivity index is 2.00. The highest BCUT2D eigenvalue weighted by Crippen LogP contribution is 2.28. The number of nitrogens with zero attached hydrogens (tertiary/aromatic N) is 1. The summed E-state index contributed by atoms with van der Waals surface area (Å²) < 4.78 is 7.16. The molecule has 3 rings (SSSR count). The Kier molecular flexibility index (Phi) is 5.00. The summed E-state index contributed by atoms with van der Waals surface area (Å²) >= 11 is 6.04. The zero-order chi connectivity index (χ0) is 18.8. The fraction of sp³-hybridized carbons (Fsp3) is 0.200. The van der Waals surface area contributed by atoms with E-state index in [1.165, 1.54) is 17.7 Å². The van der Waals surface area contributed by atoms with Gasteiger partial charge in [-0.15, -0.1) is 0 Å². The van der Waals surface area contributed by atoms with Gasteiger partial charge in [0, 0.05) is 23.5 Å². The first kappa shape index (κ1) is 18.0. The molecule has 0 bridgehead atoms. The lowest BCUT2D eigenvalue weighted by Gasteiger charge is -2.14. The van der Waals surface area contributed by atoms with E-state index in [9.17, 15) is 9.59 Å². The van der Waals surface area contributed by atoms with Gasteiger partial charge >= 0.3 is 0 Å². The zero-order valence-corrected chi connectivity index (χ0v) is 15.5. The van der Waals surface area contributed by atoms with Crippen LogP contribution in [0.15, 0.2) is 48.7 Å². The van der Waals surface area contributed by atoms with Crippen LogP contribution in [0.4, 0.5) is 5.69 Å². The van der Waals surface area contributed by atoms with Crippen molar-refractivity contribution in [2.45, 2.75) is 26.9 Å².